The van der Waals surface area contributed by atoms with Crippen molar-refractivity contribution >= 4 is 0 Å². The van der Waals surface area contributed by atoms with Crippen LogP contribution in [0.2, 0.25) is 0 Å². The summed E-state index contributed by atoms with van der Waals surface area (Å²) in [5.74, 6) is -0.564. The molecule has 3 atom stereocenters. The summed E-state index contributed by atoms with van der Waals surface area (Å²) in [6.45, 7) is 2.55. The molecule has 2 saturated heterocycles. The molecule has 8 nitrogen and oxygen atoms in total. The Hall–Kier alpha value is -3.80. The Morgan fingerprint density at radius 2 is 1.66 bits per heavy atom. The molecule has 1 aromatic heterocycles. The van der Waals surface area contributed by atoms with Gasteiger partial charge in [0.25, 0.3) is 5.82 Å². The second kappa shape index (κ2) is 11.2. The number of halogens is 3. The van der Waals surface area contributed by atoms with Crippen molar-refractivity contribution in [2.24, 2.45) is 0 Å². The zero-order valence-corrected chi connectivity index (χ0v) is 22.5. The number of ether oxygens (including phenoxy) is 1. The van der Waals surface area contributed by atoms with E-state index in [1.54, 1.807) is 19.2 Å². The van der Waals surface area contributed by atoms with E-state index in [-0.39, 0.29) is 23.7 Å². The molecule has 0 radical (unpaired) electrons. The maximum Gasteiger partial charge on any atom is 0.453 e. The topological polar surface area (TPSA) is 79.5 Å². The minimum Gasteiger partial charge on any atom is -0.496 e. The summed E-state index contributed by atoms with van der Waals surface area (Å²) in [4.78, 5) is 4.71. The fraction of sp³-hybridized carbons (Fsp3) is 0.367. The van der Waals surface area contributed by atoms with Gasteiger partial charge in [-0.2, -0.15) is 17.9 Å². The lowest BCUT2D eigenvalue weighted by Gasteiger charge is -2.47. The molecule has 0 amide bonds. The Morgan fingerprint density at radius 3 is 2.29 bits per heavy atom. The zero-order valence-electron chi connectivity index (χ0n) is 22.5. The first-order valence-corrected chi connectivity index (χ1v) is 13.6. The van der Waals surface area contributed by atoms with Crippen LogP contribution in [0.25, 0.3) is 5.69 Å². The zero-order chi connectivity index (χ0) is 28.6. The summed E-state index contributed by atoms with van der Waals surface area (Å²) in [6, 6.07) is 25.6. The average molecular weight is 565 g/mol. The Morgan fingerprint density at radius 1 is 0.976 bits per heavy atom. The number of aliphatic hydroxyl groups is 1. The third-order valence-corrected chi connectivity index (χ3v) is 8.20. The summed E-state index contributed by atoms with van der Waals surface area (Å²) in [7, 11) is 1.54. The maximum atomic E-state index is 13.5. The van der Waals surface area contributed by atoms with E-state index in [9.17, 15) is 18.3 Å². The van der Waals surface area contributed by atoms with Gasteiger partial charge in [0.2, 0.25) is 0 Å². The number of tetrazole rings is 1. The molecule has 41 heavy (non-hydrogen) atoms. The summed E-state index contributed by atoms with van der Waals surface area (Å²) >= 11 is 0. The number of aliphatic hydroxyl groups excluding tert-OH is 1. The van der Waals surface area contributed by atoms with Crippen molar-refractivity contribution in [2.75, 3.05) is 26.7 Å². The van der Waals surface area contributed by atoms with Crippen LogP contribution < -0.4 is 4.74 Å². The molecule has 2 aliphatic heterocycles. The first-order chi connectivity index (χ1) is 19.8. The van der Waals surface area contributed by atoms with Gasteiger partial charge in [0.15, 0.2) is 0 Å². The smallest absolute Gasteiger partial charge is 0.453 e. The van der Waals surface area contributed by atoms with Crippen LogP contribution in [0.3, 0.4) is 0 Å². The molecule has 0 spiro atoms. The van der Waals surface area contributed by atoms with Crippen LogP contribution in [0.1, 0.15) is 34.9 Å². The first kappa shape index (κ1) is 27.4. The molecular weight excluding hydrogens is 533 g/mol. The number of alkyl halides is 3. The molecule has 2 unspecified atom stereocenters. The molecule has 0 saturated carbocycles. The Labute approximate surface area is 236 Å². The minimum atomic E-state index is -4.70. The van der Waals surface area contributed by atoms with Crippen LogP contribution in [0.5, 0.6) is 5.75 Å². The van der Waals surface area contributed by atoms with Gasteiger partial charge in [-0.25, -0.2) is 0 Å². The number of aromatic nitrogens is 4. The van der Waals surface area contributed by atoms with Gasteiger partial charge in [-0.15, -0.1) is 5.10 Å². The third-order valence-electron chi connectivity index (χ3n) is 8.20. The molecule has 3 aromatic carbocycles. The first-order valence-electron chi connectivity index (χ1n) is 13.6. The van der Waals surface area contributed by atoms with Gasteiger partial charge in [0, 0.05) is 49.7 Å². The molecule has 4 aromatic rings. The van der Waals surface area contributed by atoms with E-state index in [0.717, 1.165) is 6.54 Å². The van der Waals surface area contributed by atoms with E-state index in [1.807, 2.05) is 36.4 Å². The van der Waals surface area contributed by atoms with Gasteiger partial charge in [0.1, 0.15) is 5.75 Å². The van der Waals surface area contributed by atoms with Crippen molar-refractivity contribution in [2.45, 2.75) is 43.2 Å². The van der Waals surface area contributed by atoms with Gasteiger partial charge in [-0.1, -0.05) is 60.7 Å². The Bertz CT molecular complexity index is 1430. The normalized spacial score (nSPS) is 21.8. The molecule has 2 fully saturated rings. The van der Waals surface area contributed by atoms with Crippen molar-refractivity contribution < 1.29 is 23.0 Å². The Kier molecular flexibility index (Phi) is 7.50. The summed E-state index contributed by atoms with van der Waals surface area (Å²) in [5.41, 5.74) is 3.30. The maximum absolute atomic E-state index is 13.5. The number of piperazine rings is 1. The van der Waals surface area contributed by atoms with Crippen molar-refractivity contribution in [3.63, 3.8) is 0 Å². The number of hydrogen-bond donors (Lipinski definition) is 1. The summed E-state index contributed by atoms with van der Waals surface area (Å²) in [5, 5.41) is 21.0. The van der Waals surface area contributed by atoms with Crippen molar-refractivity contribution in [3.8, 4) is 11.4 Å². The predicted octanol–water partition coefficient (Wildman–Crippen LogP) is 4.14. The number of rotatable bonds is 7. The van der Waals surface area contributed by atoms with E-state index in [4.69, 9.17) is 4.74 Å². The predicted molar refractivity (Wildman–Crippen MR) is 146 cm³/mol. The van der Waals surface area contributed by atoms with Gasteiger partial charge < -0.3 is 9.84 Å². The van der Waals surface area contributed by atoms with Gasteiger partial charge in [-0.3, -0.25) is 9.80 Å². The SMILES string of the molecule is COc1ccc(-n2nnnc2C(F)(F)F)cc1CN1CC(C(c2ccccc2)c2ccccc2)N2CCC(O)[C@H]2C1. The van der Waals surface area contributed by atoms with Crippen molar-refractivity contribution in [1.29, 1.82) is 0 Å². The quantitative estimate of drug-likeness (QED) is 0.362. The van der Waals surface area contributed by atoms with E-state index in [2.05, 4.69) is 49.6 Å². The van der Waals surface area contributed by atoms with Gasteiger partial charge in [-0.05, 0) is 46.2 Å². The fourth-order valence-electron chi connectivity index (χ4n) is 6.39. The number of methoxy groups -OCH3 is 1. The number of nitrogens with zero attached hydrogens (tertiary/aromatic N) is 6. The molecule has 1 N–H and O–H groups in total. The fourth-order valence-corrected chi connectivity index (χ4v) is 6.39. The highest BCUT2D eigenvalue weighted by Crippen LogP contribution is 2.39. The number of hydrogen-bond acceptors (Lipinski definition) is 7. The molecule has 214 valence electrons. The van der Waals surface area contributed by atoms with E-state index in [0.29, 0.717) is 42.0 Å². The molecule has 11 heteroatoms. The van der Waals surface area contributed by atoms with Crippen molar-refractivity contribution in [3.05, 3.63) is 101 Å². The third kappa shape index (κ3) is 5.44. The lowest BCUT2D eigenvalue weighted by molar-refractivity contribution is -0.146. The highest BCUT2D eigenvalue weighted by Gasteiger charge is 2.45. The molecule has 3 heterocycles. The summed E-state index contributed by atoms with van der Waals surface area (Å²) < 4.78 is 46.9. The molecule has 6 rings (SSSR count). The van der Waals surface area contributed by atoms with E-state index < -0.39 is 18.1 Å². The number of fused-ring (bicyclic) bond motifs is 1. The van der Waals surface area contributed by atoms with Gasteiger partial charge in [0.05, 0.1) is 18.9 Å². The largest absolute Gasteiger partial charge is 0.496 e. The van der Waals surface area contributed by atoms with Crippen LogP contribution in [-0.2, 0) is 12.7 Å². The van der Waals surface area contributed by atoms with Crippen LogP contribution >= 0.6 is 0 Å². The average Bonchev–Trinajstić information content (AvgIpc) is 3.62. The van der Waals surface area contributed by atoms with E-state index in [1.165, 1.54) is 17.2 Å². The lowest BCUT2D eigenvalue weighted by Crippen LogP contribution is -2.59. The minimum absolute atomic E-state index is 0.0609. The molecule has 0 bridgehead atoms. The van der Waals surface area contributed by atoms with Crippen molar-refractivity contribution in [1.82, 2.24) is 30.0 Å². The number of benzene rings is 3. The van der Waals surface area contributed by atoms with E-state index >= 15 is 0 Å². The summed E-state index contributed by atoms with van der Waals surface area (Å²) in [6.07, 6.45) is -4.46. The van der Waals surface area contributed by atoms with Crippen LogP contribution in [-0.4, -0.2) is 80.0 Å². The Balaban J connectivity index is 1.36. The second-order valence-electron chi connectivity index (χ2n) is 10.6. The standard InChI is InChI=1S/C30H31F3N6O2/c1-41-27-13-12-23(39-29(30(31,32)33)34-35-36-39)16-22(27)17-37-18-24-26(40)14-15-38(24)25(19-37)28(20-8-4-2-5-9-20)21-10-6-3-7-11-21/h2-13,16,24-26,28,40H,14-15,17-19H2,1H3/t24-,25?,26?/m1/s1. The molecular formula is C30H31F3N6O2. The second-order valence-corrected chi connectivity index (χ2v) is 10.6. The highest BCUT2D eigenvalue weighted by atomic mass is 19.4. The van der Waals surface area contributed by atoms with Crippen LogP contribution in [0.4, 0.5) is 13.2 Å². The molecule has 0 aliphatic carbocycles. The van der Waals surface area contributed by atoms with Crippen LogP contribution in [0, 0.1) is 0 Å². The molecule has 2 aliphatic rings. The monoisotopic (exact) mass is 564 g/mol. The lowest BCUT2D eigenvalue weighted by atomic mass is 9.82. The highest BCUT2D eigenvalue weighted by molar-refractivity contribution is 5.44. The van der Waals surface area contributed by atoms with Crippen LogP contribution in [0.15, 0.2) is 78.9 Å². The van der Waals surface area contributed by atoms with Gasteiger partial charge >= 0.3 is 6.18 Å².